The summed E-state index contributed by atoms with van der Waals surface area (Å²) in [4.78, 5) is 28.4. The summed E-state index contributed by atoms with van der Waals surface area (Å²) in [7, 11) is 0. The van der Waals surface area contributed by atoms with Crippen molar-refractivity contribution in [3.8, 4) is 0 Å². The van der Waals surface area contributed by atoms with Gasteiger partial charge in [-0.15, -0.1) is 0 Å². The summed E-state index contributed by atoms with van der Waals surface area (Å²) in [6.45, 7) is 2.59. The zero-order chi connectivity index (χ0) is 24.5. The van der Waals surface area contributed by atoms with E-state index in [-0.39, 0.29) is 29.5 Å². The van der Waals surface area contributed by atoms with Crippen LogP contribution in [-0.2, 0) is 29.0 Å². The number of hydrogen-bond donors (Lipinski definition) is 1. The van der Waals surface area contributed by atoms with Gasteiger partial charge in [0.15, 0.2) is 0 Å². The van der Waals surface area contributed by atoms with Gasteiger partial charge >= 0.3 is 0 Å². The van der Waals surface area contributed by atoms with Crippen LogP contribution >= 0.6 is 23.2 Å². The molecule has 3 aromatic carbocycles. The van der Waals surface area contributed by atoms with Crippen LogP contribution in [0.1, 0.15) is 30.0 Å². The molecule has 0 spiro atoms. The van der Waals surface area contributed by atoms with E-state index in [0.717, 1.165) is 17.5 Å². The van der Waals surface area contributed by atoms with Crippen molar-refractivity contribution in [3.63, 3.8) is 0 Å². The molecule has 0 aliphatic carbocycles. The smallest absolute Gasteiger partial charge is 0.243 e. The lowest BCUT2D eigenvalue weighted by molar-refractivity contribution is -0.140. The van der Waals surface area contributed by atoms with Crippen LogP contribution in [0.4, 0.5) is 4.39 Å². The molecule has 1 atom stereocenters. The van der Waals surface area contributed by atoms with Gasteiger partial charge in [0.1, 0.15) is 11.9 Å². The van der Waals surface area contributed by atoms with Crippen LogP contribution in [0.2, 0.25) is 10.0 Å². The van der Waals surface area contributed by atoms with Gasteiger partial charge in [-0.2, -0.15) is 0 Å². The first kappa shape index (κ1) is 25.7. The zero-order valence-electron chi connectivity index (χ0n) is 18.9. The molecule has 178 valence electrons. The normalized spacial score (nSPS) is 11.6. The molecular weight excluding hydrogens is 474 g/mol. The van der Waals surface area contributed by atoms with Crippen LogP contribution in [0, 0.1) is 5.82 Å². The first-order chi connectivity index (χ1) is 16.4. The maximum absolute atomic E-state index is 14.5. The van der Waals surface area contributed by atoms with Crippen molar-refractivity contribution >= 4 is 35.0 Å². The lowest BCUT2D eigenvalue weighted by atomic mass is 10.0. The summed E-state index contributed by atoms with van der Waals surface area (Å²) in [6.07, 6.45) is 0.809. The summed E-state index contributed by atoms with van der Waals surface area (Å²) >= 11 is 12.4. The SMILES string of the molecule is CCCNC(=O)C(Cc1ccccc1)N(Cc1cccc(Cl)c1)C(=O)Cc1c(F)cccc1Cl. The van der Waals surface area contributed by atoms with Gasteiger partial charge in [0.05, 0.1) is 6.42 Å². The highest BCUT2D eigenvalue weighted by Gasteiger charge is 2.31. The molecule has 3 rings (SSSR count). The molecule has 34 heavy (non-hydrogen) atoms. The molecule has 4 nitrogen and oxygen atoms in total. The second-order valence-electron chi connectivity index (χ2n) is 8.03. The minimum Gasteiger partial charge on any atom is -0.354 e. The van der Waals surface area contributed by atoms with Gasteiger partial charge in [-0.1, -0.05) is 78.7 Å². The Bertz CT molecular complexity index is 1100. The maximum Gasteiger partial charge on any atom is 0.243 e. The molecule has 7 heteroatoms. The molecule has 0 aliphatic heterocycles. The Labute approximate surface area is 209 Å². The fourth-order valence-electron chi connectivity index (χ4n) is 3.71. The summed E-state index contributed by atoms with van der Waals surface area (Å²) in [5, 5.41) is 3.61. The third-order valence-corrected chi connectivity index (χ3v) is 6.04. The fourth-order valence-corrected chi connectivity index (χ4v) is 4.15. The van der Waals surface area contributed by atoms with E-state index < -0.39 is 17.8 Å². The number of hydrogen-bond acceptors (Lipinski definition) is 2. The van der Waals surface area contributed by atoms with Crippen molar-refractivity contribution in [2.24, 2.45) is 0 Å². The molecule has 0 saturated carbocycles. The van der Waals surface area contributed by atoms with Crippen molar-refractivity contribution in [2.75, 3.05) is 6.54 Å². The fraction of sp³-hybridized carbons (Fsp3) is 0.259. The number of nitrogens with one attached hydrogen (secondary N) is 1. The van der Waals surface area contributed by atoms with Crippen LogP contribution in [0.5, 0.6) is 0 Å². The molecule has 0 aromatic heterocycles. The Balaban J connectivity index is 1.99. The first-order valence-corrected chi connectivity index (χ1v) is 11.9. The molecule has 3 aromatic rings. The highest BCUT2D eigenvalue weighted by Crippen LogP contribution is 2.23. The Hall–Kier alpha value is -2.89. The Morgan fingerprint density at radius 2 is 1.68 bits per heavy atom. The van der Waals surface area contributed by atoms with Gasteiger partial charge in [-0.05, 0) is 41.8 Å². The van der Waals surface area contributed by atoms with E-state index in [1.165, 1.54) is 17.0 Å². The number of carbonyl (C=O) groups is 2. The Kier molecular flexibility index (Phi) is 9.49. The lowest BCUT2D eigenvalue weighted by Crippen LogP contribution is -2.51. The molecule has 1 N–H and O–H groups in total. The quantitative estimate of drug-likeness (QED) is 0.380. The standard InChI is InChI=1S/C27H27Cl2FN2O2/c1-2-14-31-27(34)25(16-19-8-4-3-5-9-19)32(18-20-10-6-11-21(28)15-20)26(33)17-22-23(29)12-7-13-24(22)30/h3-13,15,25H,2,14,16-18H2,1H3,(H,31,34). The van der Waals surface area contributed by atoms with E-state index in [2.05, 4.69) is 5.32 Å². The van der Waals surface area contributed by atoms with E-state index in [9.17, 15) is 14.0 Å². The Morgan fingerprint density at radius 1 is 0.971 bits per heavy atom. The number of nitrogens with zero attached hydrogens (tertiary/aromatic N) is 1. The summed E-state index contributed by atoms with van der Waals surface area (Å²) in [5.41, 5.74) is 1.78. The molecule has 0 radical (unpaired) electrons. The number of amides is 2. The van der Waals surface area contributed by atoms with Gasteiger partial charge in [-0.3, -0.25) is 9.59 Å². The van der Waals surface area contributed by atoms with Crippen molar-refractivity contribution in [2.45, 2.75) is 38.8 Å². The van der Waals surface area contributed by atoms with E-state index in [1.807, 2.05) is 43.3 Å². The molecule has 0 saturated heterocycles. The molecule has 0 bridgehead atoms. The highest BCUT2D eigenvalue weighted by molar-refractivity contribution is 6.31. The molecule has 1 unspecified atom stereocenters. The van der Waals surface area contributed by atoms with Gasteiger partial charge in [-0.25, -0.2) is 4.39 Å². The minimum absolute atomic E-state index is 0.109. The monoisotopic (exact) mass is 500 g/mol. The van der Waals surface area contributed by atoms with Crippen LogP contribution in [-0.4, -0.2) is 29.3 Å². The predicted molar refractivity (Wildman–Crippen MR) is 134 cm³/mol. The van der Waals surface area contributed by atoms with E-state index in [0.29, 0.717) is 18.0 Å². The van der Waals surface area contributed by atoms with Crippen LogP contribution in [0.3, 0.4) is 0 Å². The van der Waals surface area contributed by atoms with Crippen LogP contribution in [0.15, 0.2) is 72.8 Å². The Morgan fingerprint density at radius 3 is 2.35 bits per heavy atom. The van der Waals surface area contributed by atoms with E-state index in [4.69, 9.17) is 23.2 Å². The average Bonchev–Trinajstić information content (AvgIpc) is 2.82. The zero-order valence-corrected chi connectivity index (χ0v) is 20.5. The van der Waals surface area contributed by atoms with Crippen molar-refractivity contribution in [3.05, 3.63) is 105 Å². The summed E-state index contributed by atoms with van der Waals surface area (Å²) < 4.78 is 14.5. The molecular formula is C27H27Cl2FN2O2. The van der Waals surface area contributed by atoms with E-state index >= 15 is 0 Å². The van der Waals surface area contributed by atoms with Gasteiger partial charge in [0, 0.05) is 35.1 Å². The first-order valence-electron chi connectivity index (χ1n) is 11.2. The maximum atomic E-state index is 14.5. The largest absolute Gasteiger partial charge is 0.354 e. The third kappa shape index (κ3) is 7.05. The van der Waals surface area contributed by atoms with Crippen molar-refractivity contribution in [1.29, 1.82) is 0 Å². The predicted octanol–water partition coefficient (Wildman–Crippen LogP) is 5.84. The van der Waals surface area contributed by atoms with Gasteiger partial charge < -0.3 is 10.2 Å². The number of rotatable bonds is 10. The number of carbonyl (C=O) groups excluding carboxylic acids is 2. The highest BCUT2D eigenvalue weighted by atomic mass is 35.5. The molecule has 2 amide bonds. The summed E-state index contributed by atoms with van der Waals surface area (Å²) in [6, 6.07) is 20.1. The number of benzene rings is 3. The minimum atomic E-state index is -0.800. The average molecular weight is 501 g/mol. The van der Waals surface area contributed by atoms with E-state index in [1.54, 1.807) is 24.3 Å². The van der Waals surface area contributed by atoms with Crippen molar-refractivity contribution in [1.82, 2.24) is 10.2 Å². The van der Waals surface area contributed by atoms with Crippen molar-refractivity contribution < 1.29 is 14.0 Å². The third-order valence-electron chi connectivity index (χ3n) is 5.45. The second kappa shape index (κ2) is 12.5. The lowest BCUT2D eigenvalue weighted by Gasteiger charge is -2.32. The molecule has 0 heterocycles. The van der Waals surface area contributed by atoms with Crippen LogP contribution < -0.4 is 5.32 Å². The topological polar surface area (TPSA) is 49.4 Å². The molecule has 0 fully saturated rings. The second-order valence-corrected chi connectivity index (χ2v) is 8.87. The number of halogens is 3. The molecule has 0 aliphatic rings. The van der Waals surface area contributed by atoms with Crippen LogP contribution in [0.25, 0.3) is 0 Å². The van der Waals surface area contributed by atoms with Gasteiger partial charge in [0.2, 0.25) is 11.8 Å². The van der Waals surface area contributed by atoms with Gasteiger partial charge in [0.25, 0.3) is 0 Å². The summed E-state index contributed by atoms with van der Waals surface area (Å²) in [5.74, 6) is -1.22.